The Bertz CT molecular complexity index is 315. The van der Waals surface area contributed by atoms with E-state index in [0.717, 1.165) is 31.0 Å². The van der Waals surface area contributed by atoms with Crippen molar-refractivity contribution in [2.24, 2.45) is 18.7 Å². The van der Waals surface area contributed by atoms with E-state index in [-0.39, 0.29) is 6.04 Å². The molecule has 2 rings (SSSR count). The lowest BCUT2D eigenvalue weighted by atomic mass is 9.97. The summed E-state index contributed by atoms with van der Waals surface area (Å²) in [5.41, 5.74) is 8.31. The van der Waals surface area contributed by atoms with E-state index in [2.05, 4.69) is 11.2 Å². The largest absolute Gasteiger partial charge is 0.381 e. The predicted octanol–water partition coefficient (Wildman–Crippen LogP) is 0.765. The number of hydrogen-bond donors (Lipinski definition) is 1. The third-order valence-corrected chi connectivity index (χ3v) is 2.85. The van der Waals surface area contributed by atoms with Crippen molar-refractivity contribution >= 4 is 0 Å². The van der Waals surface area contributed by atoms with Gasteiger partial charge in [-0.05, 0) is 19.4 Å². The van der Waals surface area contributed by atoms with Gasteiger partial charge in [-0.3, -0.25) is 4.68 Å². The summed E-state index contributed by atoms with van der Waals surface area (Å²) in [6.07, 6.45) is 1.06. The van der Waals surface area contributed by atoms with Gasteiger partial charge in [0.1, 0.15) is 0 Å². The lowest BCUT2D eigenvalue weighted by molar-refractivity contribution is 0.180. The summed E-state index contributed by atoms with van der Waals surface area (Å²) in [6, 6.07) is 2.12. The summed E-state index contributed by atoms with van der Waals surface area (Å²) < 4.78 is 7.21. The van der Waals surface area contributed by atoms with E-state index < -0.39 is 0 Å². The van der Waals surface area contributed by atoms with Crippen molar-refractivity contribution < 1.29 is 4.74 Å². The van der Waals surface area contributed by atoms with Crippen LogP contribution in [0.3, 0.4) is 0 Å². The summed E-state index contributed by atoms with van der Waals surface area (Å²) in [5.74, 6) is 0.449. The molecule has 2 atom stereocenters. The summed E-state index contributed by atoms with van der Waals surface area (Å²) in [6.45, 7) is 3.61. The van der Waals surface area contributed by atoms with Crippen LogP contribution in [0.1, 0.15) is 23.9 Å². The smallest absolute Gasteiger partial charge is 0.0597 e. The average molecular weight is 195 g/mol. The first-order valence-electron chi connectivity index (χ1n) is 5.02. The van der Waals surface area contributed by atoms with Crippen molar-refractivity contribution in [1.82, 2.24) is 9.78 Å². The zero-order valence-electron chi connectivity index (χ0n) is 8.73. The minimum absolute atomic E-state index is 0.0590. The van der Waals surface area contributed by atoms with Gasteiger partial charge in [0, 0.05) is 19.6 Å². The maximum atomic E-state index is 6.17. The Morgan fingerprint density at radius 2 is 2.50 bits per heavy atom. The summed E-state index contributed by atoms with van der Waals surface area (Å²) in [5, 5.41) is 4.30. The molecule has 1 aliphatic heterocycles. The third kappa shape index (κ3) is 1.67. The lowest BCUT2D eigenvalue weighted by Crippen LogP contribution is -2.24. The molecule has 0 bridgehead atoms. The van der Waals surface area contributed by atoms with Gasteiger partial charge in [-0.1, -0.05) is 0 Å². The second-order valence-electron chi connectivity index (χ2n) is 3.98. The fraction of sp³-hybridized carbons (Fsp3) is 0.700. The molecule has 0 spiro atoms. The van der Waals surface area contributed by atoms with Crippen molar-refractivity contribution in [3.63, 3.8) is 0 Å². The first-order chi connectivity index (χ1) is 6.68. The van der Waals surface area contributed by atoms with Gasteiger partial charge >= 0.3 is 0 Å². The van der Waals surface area contributed by atoms with Crippen LogP contribution >= 0.6 is 0 Å². The number of rotatable bonds is 2. The zero-order chi connectivity index (χ0) is 10.1. The molecule has 14 heavy (non-hydrogen) atoms. The third-order valence-electron chi connectivity index (χ3n) is 2.85. The Balaban J connectivity index is 2.17. The lowest BCUT2D eigenvalue weighted by Gasteiger charge is -2.17. The van der Waals surface area contributed by atoms with Crippen LogP contribution in [0, 0.1) is 12.8 Å². The Kier molecular flexibility index (Phi) is 2.56. The maximum absolute atomic E-state index is 6.17. The predicted molar refractivity (Wildman–Crippen MR) is 53.8 cm³/mol. The summed E-state index contributed by atoms with van der Waals surface area (Å²) in [7, 11) is 1.94. The van der Waals surface area contributed by atoms with E-state index in [9.17, 15) is 0 Å². The molecule has 78 valence electrons. The Morgan fingerprint density at radius 3 is 3.00 bits per heavy atom. The van der Waals surface area contributed by atoms with Gasteiger partial charge in [0.15, 0.2) is 0 Å². The normalized spacial score (nSPS) is 24.1. The van der Waals surface area contributed by atoms with Gasteiger partial charge < -0.3 is 10.5 Å². The van der Waals surface area contributed by atoms with Crippen molar-refractivity contribution in [2.45, 2.75) is 19.4 Å². The highest BCUT2D eigenvalue weighted by Crippen LogP contribution is 2.26. The van der Waals surface area contributed by atoms with E-state index in [0.29, 0.717) is 5.92 Å². The van der Waals surface area contributed by atoms with E-state index in [1.54, 1.807) is 0 Å². The molecule has 1 fully saturated rings. The molecule has 2 heterocycles. The molecule has 2 unspecified atom stereocenters. The fourth-order valence-electron chi connectivity index (χ4n) is 2.02. The molecule has 0 aliphatic carbocycles. The Hall–Kier alpha value is -0.870. The van der Waals surface area contributed by atoms with Crippen LogP contribution < -0.4 is 5.73 Å². The summed E-state index contributed by atoms with van der Waals surface area (Å²) in [4.78, 5) is 0. The first kappa shape index (κ1) is 9.68. The molecule has 0 amide bonds. The van der Waals surface area contributed by atoms with Crippen LogP contribution in [0.2, 0.25) is 0 Å². The standard InChI is InChI=1S/C10H17N3O/c1-7-5-9(13(2)12-7)10(11)8-3-4-14-6-8/h5,8,10H,3-4,6,11H2,1-2H3. The van der Waals surface area contributed by atoms with Crippen LogP contribution in [0.5, 0.6) is 0 Å². The Labute approximate surface area is 84.0 Å². The van der Waals surface area contributed by atoms with Gasteiger partial charge in [-0.25, -0.2) is 0 Å². The molecule has 1 aliphatic rings. The highest BCUT2D eigenvalue weighted by molar-refractivity contribution is 5.13. The minimum Gasteiger partial charge on any atom is -0.381 e. The number of ether oxygens (including phenoxy) is 1. The van der Waals surface area contributed by atoms with Gasteiger partial charge in [-0.15, -0.1) is 0 Å². The first-order valence-corrected chi connectivity index (χ1v) is 5.02. The zero-order valence-corrected chi connectivity index (χ0v) is 8.73. The molecule has 1 aromatic heterocycles. The van der Waals surface area contributed by atoms with Gasteiger partial charge in [0.05, 0.1) is 24.0 Å². The second kappa shape index (κ2) is 3.71. The van der Waals surface area contributed by atoms with E-state index in [1.165, 1.54) is 0 Å². The van der Waals surface area contributed by atoms with Crippen molar-refractivity contribution in [2.75, 3.05) is 13.2 Å². The molecule has 1 saturated heterocycles. The number of hydrogen-bond acceptors (Lipinski definition) is 3. The van der Waals surface area contributed by atoms with Crippen LogP contribution in [0.25, 0.3) is 0 Å². The average Bonchev–Trinajstić information content (AvgIpc) is 2.73. The highest BCUT2D eigenvalue weighted by atomic mass is 16.5. The van der Waals surface area contributed by atoms with Crippen LogP contribution in [-0.2, 0) is 11.8 Å². The Morgan fingerprint density at radius 1 is 1.71 bits per heavy atom. The number of nitrogens with two attached hydrogens (primary N) is 1. The van der Waals surface area contributed by atoms with Crippen molar-refractivity contribution in [3.05, 3.63) is 17.5 Å². The number of aromatic nitrogens is 2. The van der Waals surface area contributed by atoms with E-state index in [1.807, 2.05) is 18.7 Å². The van der Waals surface area contributed by atoms with Crippen molar-refractivity contribution in [3.8, 4) is 0 Å². The van der Waals surface area contributed by atoms with E-state index >= 15 is 0 Å². The second-order valence-corrected chi connectivity index (χ2v) is 3.98. The fourth-order valence-corrected chi connectivity index (χ4v) is 2.02. The molecule has 0 aromatic carbocycles. The topological polar surface area (TPSA) is 53.1 Å². The van der Waals surface area contributed by atoms with E-state index in [4.69, 9.17) is 10.5 Å². The van der Waals surface area contributed by atoms with Crippen LogP contribution in [-0.4, -0.2) is 23.0 Å². The van der Waals surface area contributed by atoms with Crippen LogP contribution in [0.15, 0.2) is 6.07 Å². The monoisotopic (exact) mass is 195 g/mol. The van der Waals surface area contributed by atoms with Crippen molar-refractivity contribution in [1.29, 1.82) is 0 Å². The minimum atomic E-state index is 0.0590. The molecule has 0 saturated carbocycles. The van der Waals surface area contributed by atoms with Gasteiger partial charge in [-0.2, -0.15) is 5.10 Å². The maximum Gasteiger partial charge on any atom is 0.0597 e. The van der Waals surface area contributed by atoms with Gasteiger partial charge in [0.25, 0.3) is 0 Å². The molecule has 0 radical (unpaired) electrons. The molecule has 4 heteroatoms. The molecular weight excluding hydrogens is 178 g/mol. The highest BCUT2D eigenvalue weighted by Gasteiger charge is 2.26. The van der Waals surface area contributed by atoms with Crippen LogP contribution in [0.4, 0.5) is 0 Å². The molecule has 4 nitrogen and oxygen atoms in total. The number of nitrogens with zero attached hydrogens (tertiary/aromatic N) is 2. The molecule has 2 N–H and O–H groups in total. The summed E-state index contributed by atoms with van der Waals surface area (Å²) >= 11 is 0. The quantitative estimate of drug-likeness (QED) is 0.758. The SMILES string of the molecule is Cc1cc(C(N)C2CCOC2)n(C)n1. The number of aryl methyl sites for hydroxylation is 2. The molecule has 1 aromatic rings. The molecular formula is C10H17N3O. The van der Waals surface area contributed by atoms with Gasteiger partial charge in [0.2, 0.25) is 0 Å².